The first-order valence-electron chi connectivity index (χ1n) is 17.8. The first-order chi connectivity index (χ1) is 24.5. The summed E-state index contributed by atoms with van der Waals surface area (Å²) in [6.45, 7) is 12.3. The molecule has 7 heterocycles. The van der Waals surface area contributed by atoms with Crippen LogP contribution in [-0.2, 0) is 31.2 Å². The monoisotopic (exact) mass is 691 g/mol. The lowest BCUT2D eigenvalue weighted by molar-refractivity contribution is -0.0691. The minimum absolute atomic E-state index is 0.176. The Kier molecular flexibility index (Phi) is 8.22. The van der Waals surface area contributed by atoms with Crippen LogP contribution >= 0.6 is 0 Å². The summed E-state index contributed by atoms with van der Waals surface area (Å²) in [6.07, 6.45) is 7.02. The molecule has 2 amide bonds. The van der Waals surface area contributed by atoms with E-state index in [4.69, 9.17) is 4.74 Å². The van der Waals surface area contributed by atoms with E-state index in [-0.39, 0.29) is 28.4 Å². The van der Waals surface area contributed by atoms with E-state index in [1.165, 1.54) is 15.8 Å². The van der Waals surface area contributed by atoms with Gasteiger partial charge < -0.3 is 29.4 Å². The van der Waals surface area contributed by atoms with Crippen molar-refractivity contribution in [2.45, 2.75) is 52.2 Å². The van der Waals surface area contributed by atoms with Gasteiger partial charge in [-0.05, 0) is 61.1 Å². The maximum Gasteiger partial charge on any atom is 0.276 e. The van der Waals surface area contributed by atoms with E-state index >= 15 is 0 Å². The maximum atomic E-state index is 14.0. The summed E-state index contributed by atoms with van der Waals surface area (Å²) >= 11 is 0. The topological polar surface area (TPSA) is 130 Å². The molecule has 1 unspecified atom stereocenters. The van der Waals surface area contributed by atoms with Gasteiger partial charge in [0.1, 0.15) is 23.0 Å². The van der Waals surface area contributed by atoms with Crippen molar-refractivity contribution in [3.05, 3.63) is 81.8 Å². The number of fused-ring (bicyclic) bond motifs is 3. The molecule has 0 aromatic carbocycles. The fraction of sp³-hybridized carbons (Fsp3) is 0.447. The number of piperazine rings is 1. The molecular formula is C38H45N9O4. The molecule has 266 valence electrons. The van der Waals surface area contributed by atoms with Crippen LogP contribution < -0.4 is 26.0 Å². The van der Waals surface area contributed by atoms with E-state index < -0.39 is 0 Å². The highest BCUT2D eigenvalue weighted by molar-refractivity contribution is 6.12. The number of nitrogens with zero attached hydrogens (tertiary/aromatic N) is 7. The second kappa shape index (κ2) is 12.6. The maximum absolute atomic E-state index is 14.0. The minimum Gasteiger partial charge on any atom is -0.378 e. The normalized spacial score (nSPS) is 20.2. The third kappa shape index (κ3) is 5.87. The average Bonchev–Trinajstić information content (AvgIpc) is 3.58. The summed E-state index contributed by atoms with van der Waals surface area (Å²) < 4.78 is 9.02. The molecule has 4 aromatic rings. The van der Waals surface area contributed by atoms with Crippen molar-refractivity contribution in [3.63, 3.8) is 0 Å². The van der Waals surface area contributed by atoms with Gasteiger partial charge in [-0.1, -0.05) is 13.8 Å². The van der Waals surface area contributed by atoms with Crippen molar-refractivity contribution < 1.29 is 14.3 Å². The number of aryl methyl sites for hydroxylation is 1. The number of carbonyl (C=O) groups excluding carboxylic acids is 2. The van der Waals surface area contributed by atoms with Crippen LogP contribution in [0.15, 0.2) is 53.7 Å². The molecule has 3 aliphatic heterocycles. The number of nitrogens with one attached hydrogen (secondary N) is 2. The van der Waals surface area contributed by atoms with Crippen molar-refractivity contribution in [2.75, 3.05) is 61.6 Å². The van der Waals surface area contributed by atoms with E-state index in [1.807, 2.05) is 24.4 Å². The molecule has 13 heteroatoms. The first-order valence-corrected chi connectivity index (χ1v) is 17.8. The van der Waals surface area contributed by atoms with Gasteiger partial charge in [-0.15, -0.1) is 0 Å². The fourth-order valence-electron chi connectivity index (χ4n) is 8.21. The molecule has 0 saturated carbocycles. The fourth-order valence-corrected chi connectivity index (χ4v) is 8.21. The Morgan fingerprint density at radius 1 is 1.02 bits per heavy atom. The number of amides is 2. The highest BCUT2D eigenvalue weighted by Gasteiger charge is 2.38. The average molecular weight is 692 g/mol. The number of hydrogen-bond acceptors (Lipinski definition) is 9. The Morgan fingerprint density at radius 3 is 2.55 bits per heavy atom. The molecule has 2 N–H and O–H groups in total. The van der Waals surface area contributed by atoms with Crippen molar-refractivity contribution in [1.29, 1.82) is 0 Å². The molecule has 1 atom stereocenters. The zero-order chi connectivity index (χ0) is 35.6. The summed E-state index contributed by atoms with van der Waals surface area (Å²) in [5.41, 5.74) is 5.82. The van der Waals surface area contributed by atoms with Crippen LogP contribution in [0.3, 0.4) is 0 Å². The van der Waals surface area contributed by atoms with Crippen LogP contribution in [0.2, 0.25) is 0 Å². The number of pyridine rings is 3. The lowest BCUT2D eigenvalue weighted by atomic mass is 9.90. The van der Waals surface area contributed by atoms with Crippen molar-refractivity contribution in [3.8, 4) is 11.1 Å². The third-order valence-corrected chi connectivity index (χ3v) is 10.9. The van der Waals surface area contributed by atoms with Gasteiger partial charge in [0, 0.05) is 82.1 Å². The van der Waals surface area contributed by atoms with Gasteiger partial charge in [0.25, 0.3) is 17.4 Å². The number of anilines is 4. The van der Waals surface area contributed by atoms with Crippen molar-refractivity contribution >= 4 is 34.8 Å². The van der Waals surface area contributed by atoms with Crippen LogP contribution in [0.1, 0.15) is 52.9 Å². The van der Waals surface area contributed by atoms with E-state index in [0.717, 1.165) is 51.4 Å². The molecule has 0 radical (unpaired) electrons. The van der Waals surface area contributed by atoms with Crippen LogP contribution in [-0.4, -0.2) is 94.3 Å². The minimum atomic E-state index is -0.372. The Hall–Kier alpha value is -5.01. The molecule has 13 nitrogen and oxygen atoms in total. The Labute approximate surface area is 297 Å². The quantitative estimate of drug-likeness (QED) is 0.300. The number of aromatic nitrogens is 4. The van der Waals surface area contributed by atoms with E-state index in [0.29, 0.717) is 59.3 Å². The van der Waals surface area contributed by atoms with Crippen LogP contribution in [0, 0.1) is 5.41 Å². The highest BCUT2D eigenvalue weighted by atomic mass is 16.5. The molecule has 51 heavy (non-hydrogen) atoms. The second-order valence-corrected chi connectivity index (χ2v) is 15.1. The Morgan fingerprint density at radius 2 is 1.84 bits per heavy atom. The molecule has 4 aromatic heterocycles. The second-order valence-electron chi connectivity index (χ2n) is 15.1. The molecule has 2 saturated heterocycles. The summed E-state index contributed by atoms with van der Waals surface area (Å²) in [5, 5.41) is 5.96. The van der Waals surface area contributed by atoms with Gasteiger partial charge >= 0.3 is 0 Å². The van der Waals surface area contributed by atoms with Crippen LogP contribution in [0.5, 0.6) is 0 Å². The number of carbonyl (C=O) groups is 2. The predicted octanol–water partition coefficient (Wildman–Crippen LogP) is 3.44. The zero-order valence-electron chi connectivity index (χ0n) is 29.9. The first kappa shape index (κ1) is 33.2. The number of rotatable bonds is 7. The zero-order valence-corrected chi connectivity index (χ0v) is 29.9. The van der Waals surface area contributed by atoms with E-state index in [1.54, 1.807) is 43.5 Å². The molecule has 2 fully saturated rings. The smallest absolute Gasteiger partial charge is 0.276 e. The summed E-state index contributed by atoms with van der Waals surface area (Å²) in [4.78, 5) is 56.7. The van der Waals surface area contributed by atoms with E-state index in [2.05, 4.69) is 55.7 Å². The third-order valence-electron chi connectivity index (χ3n) is 10.9. The van der Waals surface area contributed by atoms with Gasteiger partial charge in [-0.25, -0.2) is 9.97 Å². The predicted molar refractivity (Wildman–Crippen MR) is 196 cm³/mol. The van der Waals surface area contributed by atoms with Crippen molar-refractivity contribution in [2.24, 2.45) is 12.5 Å². The molecular weight excluding hydrogens is 646 g/mol. The summed E-state index contributed by atoms with van der Waals surface area (Å²) in [7, 11) is 3.24. The molecule has 0 bridgehead atoms. The molecule has 1 aliphatic carbocycles. The molecule has 8 rings (SSSR count). The molecule has 0 spiro atoms. The summed E-state index contributed by atoms with van der Waals surface area (Å²) in [5.74, 6) is 0.277. The van der Waals surface area contributed by atoms with E-state index in [9.17, 15) is 14.4 Å². The Balaban J connectivity index is 1.07. The van der Waals surface area contributed by atoms with Gasteiger partial charge in [0.05, 0.1) is 36.7 Å². The number of ether oxygens (including phenoxy) is 1. The van der Waals surface area contributed by atoms with Gasteiger partial charge in [0.2, 0.25) is 0 Å². The van der Waals surface area contributed by atoms with Crippen molar-refractivity contribution in [1.82, 2.24) is 29.3 Å². The lowest BCUT2D eigenvalue weighted by Gasteiger charge is -2.46. The van der Waals surface area contributed by atoms with Gasteiger partial charge in [-0.3, -0.25) is 24.2 Å². The highest BCUT2D eigenvalue weighted by Crippen LogP contribution is 2.40. The molecule has 4 aliphatic rings. The lowest BCUT2D eigenvalue weighted by Crippen LogP contribution is -2.59. The SMILES string of the molecule is CNC(=O)c1c(-c2cc(Nc3ccc(N4CCN(C5COC5)CC4C)cn3)c(=O)n(C)c2)ccnc1N1CCn2c(cc3c2CC(C)(C)C3)C1=O. The summed E-state index contributed by atoms with van der Waals surface area (Å²) in [6, 6.07) is 10.3. The largest absolute Gasteiger partial charge is 0.378 e. The van der Waals surface area contributed by atoms with Crippen LogP contribution in [0.4, 0.5) is 23.0 Å². The Bertz CT molecular complexity index is 2080. The standard InChI is InChI=1S/C38H45N9O4/c1-23-19-44(27-21-51-22-27)10-11-45(23)26-6-7-32(41-18-26)42-29-14-25(20-43(5)36(29)49)28-8-9-40-34(33(28)35(48)39-4)47-13-12-46-30(37(47)50)15-24-16-38(2,3)17-31(24)46/h6-9,14-15,18,20,23,27H,10-13,16-17,19,21-22H2,1-5H3,(H,39,48)(H,41,42). The van der Waals surface area contributed by atoms with Gasteiger partial charge in [-0.2, -0.15) is 0 Å². The van der Waals surface area contributed by atoms with Gasteiger partial charge in [0.15, 0.2) is 0 Å². The van der Waals surface area contributed by atoms with Crippen LogP contribution in [0.25, 0.3) is 11.1 Å². The number of hydrogen-bond donors (Lipinski definition) is 2.